The van der Waals surface area contributed by atoms with Gasteiger partial charge >= 0.3 is 203 Å². The number of benzene rings is 3. The molecule has 0 aliphatic rings. The van der Waals surface area contributed by atoms with Crippen LogP contribution in [0.1, 0.15) is 61.8 Å². The molecular formula is C29H35BiN2. The average Bonchev–Trinajstić information content (AvgIpc) is 2.78. The van der Waals surface area contributed by atoms with Gasteiger partial charge in [-0.2, -0.15) is 0 Å². The minimum absolute atomic E-state index is 0.459. The predicted octanol–water partition coefficient (Wildman–Crippen LogP) is 5.94. The van der Waals surface area contributed by atoms with Crippen molar-refractivity contribution in [2.75, 3.05) is 0 Å². The SMILES string of the molecule is Cc1cc[c]([Bi]([C](C=Nc2ccccc2)=CN)[c]2ccc(C)cc2C(C)C)c(C(C)C)c1. The Kier molecular flexibility index (Phi) is 8.43. The number of nitrogens with two attached hydrogens (primary N) is 1. The van der Waals surface area contributed by atoms with Crippen molar-refractivity contribution in [3.05, 3.63) is 98.5 Å². The molecule has 0 bridgehead atoms. The molecule has 0 fully saturated rings. The van der Waals surface area contributed by atoms with E-state index >= 15 is 0 Å². The first-order chi connectivity index (χ1) is 15.3. The molecule has 0 aliphatic carbocycles. The monoisotopic (exact) mass is 620 g/mol. The van der Waals surface area contributed by atoms with Gasteiger partial charge in [0.05, 0.1) is 0 Å². The number of hydrogen-bond acceptors (Lipinski definition) is 2. The van der Waals surface area contributed by atoms with Crippen LogP contribution in [0.15, 0.2) is 81.2 Å². The fourth-order valence-electron chi connectivity index (χ4n) is 3.92. The standard InChI is InChI=1S/2C10H13.C9H9N2.Bi/c2*1-8(2)10-6-4-5-9(3)7-10;10-7-4-8-11-9-5-2-1-3-6-9;/h2*4-5,7-8H,1-3H3;1-3,5-8H,10H2;. The van der Waals surface area contributed by atoms with Crippen LogP contribution in [0.5, 0.6) is 0 Å². The fraction of sp³-hybridized carbons (Fsp3) is 0.276. The molecule has 3 aromatic rings. The molecule has 2 nitrogen and oxygen atoms in total. The van der Waals surface area contributed by atoms with Crippen molar-refractivity contribution in [2.24, 2.45) is 10.7 Å². The molecule has 0 atom stereocenters. The molecule has 0 radical (unpaired) electrons. The topological polar surface area (TPSA) is 38.4 Å². The summed E-state index contributed by atoms with van der Waals surface area (Å²) in [5, 5.41) is 0. The van der Waals surface area contributed by atoms with E-state index in [2.05, 4.69) is 77.9 Å². The maximum absolute atomic E-state index is 6.32. The zero-order valence-corrected chi connectivity index (χ0v) is 23.6. The molecule has 0 aliphatic heterocycles. The second-order valence-electron chi connectivity index (χ2n) is 8.95. The van der Waals surface area contributed by atoms with Crippen LogP contribution in [0.2, 0.25) is 0 Å². The van der Waals surface area contributed by atoms with Gasteiger partial charge in [0.15, 0.2) is 0 Å². The number of allylic oxidation sites excluding steroid dienone is 1. The second-order valence-corrected chi connectivity index (χ2v) is 17.3. The Morgan fingerprint density at radius 1 is 0.781 bits per heavy atom. The van der Waals surface area contributed by atoms with Crippen molar-refractivity contribution >= 4 is 40.2 Å². The van der Waals surface area contributed by atoms with E-state index in [9.17, 15) is 0 Å². The summed E-state index contributed by atoms with van der Waals surface area (Å²) < 4.78 is 4.21. The van der Waals surface area contributed by atoms with Gasteiger partial charge in [0.1, 0.15) is 0 Å². The molecule has 0 heterocycles. The van der Waals surface area contributed by atoms with Crippen LogP contribution in [-0.4, -0.2) is 28.0 Å². The Balaban J connectivity index is 2.25. The molecule has 0 saturated heterocycles. The first kappa shape index (κ1) is 24.4. The number of aryl methyl sites for hydroxylation is 2. The number of hydrogen-bond donors (Lipinski definition) is 1. The van der Waals surface area contributed by atoms with E-state index in [1.54, 1.807) is 0 Å². The van der Waals surface area contributed by atoms with E-state index in [1.807, 2.05) is 42.7 Å². The molecule has 3 aromatic carbocycles. The van der Waals surface area contributed by atoms with Gasteiger partial charge in [-0.3, -0.25) is 0 Å². The van der Waals surface area contributed by atoms with E-state index in [1.165, 1.54) is 32.1 Å². The Labute approximate surface area is 202 Å². The Morgan fingerprint density at radius 2 is 1.28 bits per heavy atom. The molecule has 32 heavy (non-hydrogen) atoms. The fourth-order valence-corrected chi connectivity index (χ4v) is 14.6. The van der Waals surface area contributed by atoms with Crippen molar-refractivity contribution in [1.82, 2.24) is 0 Å². The van der Waals surface area contributed by atoms with Gasteiger partial charge < -0.3 is 0 Å². The molecular weight excluding hydrogens is 585 g/mol. The third-order valence-electron chi connectivity index (χ3n) is 5.62. The maximum atomic E-state index is 6.32. The molecule has 3 heteroatoms. The van der Waals surface area contributed by atoms with Crippen LogP contribution < -0.4 is 12.3 Å². The summed E-state index contributed by atoms with van der Waals surface area (Å²) in [5.41, 5.74) is 12.8. The minimum atomic E-state index is -2.72. The van der Waals surface area contributed by atoms with Crippen molar-refractivity contribution < 1.29 is 0 Å². The van der Waals surface area contributed by atoms with Crippen LogP contribution >= 0.6 is 0 Å². The van der Waals surface area contributed by atoms with Gasteiger partial charge in [0.25, 0.3) is 0 Å². The van der Waals surface area contributed by atoms with Crippen LogP contribution in [0, 0.1) is 13.8 Å². The molecule has 0 unspecified atom stereocenters. The van der Waals surface area contributed by atoms with Gasteiger partial charge in [-0.05, 0) is 0 Å². The Morgan fingerprint density at radius 3 is 1.72 bits per heavy atom. The first-order valence-corrected chi connectivity index (χ1v) is 16.6. The summed E-state index contributed by atoms with van der Waals surface area (Å²) in [6, 6.07) is 24.1. The normalized spacial score (nSPS) is 12.5. The van der Waals surface area contributed by atoms with Crippen LogP contribution in [0.3, 0.4) is 0 Å². The van der Waals surface area contributed by atoms with E-state index in [0.29, 0.717) is 11.8 Å². The third-order valence-corrected chi connectivity index (χ3v) is 15.6. The number of para-hydroxylation sites is 1. The quantitative estimate of drug-likeness (QED) is 0.258. The van der Waals surface area contributed by atoms with Crippen LogP contribution in [0.25, 0.3) is 0 Å². The van der Waals surface area contributed by atoms with E-state index < -0.39 is 21.8 Å². The average molecular weight is 621 g/mol. The van der Waals surface area contributed by atoms with E-state index in [4.69, 9.17) is 10.7 Å². The van der Waals surface area contributed by atoms with Gasteiger partial charge in [0, 0.05) is 0 Å². The van der Waals surface area contributed by atoms with E-state index in [-0.39, 0.29) is 0 Å². The van der Waals surface area contributed by atoms with Crippen molar-refractivity contribution in [3.63, 3.8) is 0 Å². The summed E-state index contributed by atoms with van der Waals surface area (Å²) in [6.07, 6.45) is 3.85. The van der Waals surface area contributed by atoms with Crippen molar-refractivity contribution in [2.45, 2.75) is 53.4 Å². The Bertz CT molecular complexity index is 1050. The molecule has 0 aromatic heterocycles. The predicted molar refractivity (Wildman–Crippen MR) is 142 cm³/mol. The summed E-state index contributed by atoms with van der Waals surface area (Å²) >= 11 is -2.72. The van der Waals surface area contributed by atoms with Gasteiger partial charge in [0.2, 0.25) is 0 Å². The summed E-state index contributed by atoms with van der Waals surface area (Å²) in [5.74, 6) is 0.917. The number of aliphatic imine (C=N–C) groups is 1. The van der Waals surface area contributed by atoms with Crippen molar-refractivity contribution in [1.29, 1.82) is 0 Å². The van der Waals surface area contributed by atoms with E-state index in [0.717, 1.165) is 5.69 Å². The summed E-state index contributed by atoms with van der Waals surface area (Å²) in [4.78, 5) is 4.81. The zero-order valence-electron chi connectivity index (χ0n) is 20.1. The molecule has 0 spiro atoms. The number of rotatable bonds is 7. The van der Waals surface area contributed by atoms with Gasteiger partial charge in [-0.15, -0.1) is 0 Å². The third kappa shape index (κ3) is 5.75. The zero-order chi connectivity index (χ0) is 23.3. The molecule has 3 rings (SSSR count). The Hall–Kier alpha value is -2.25. The number of nitrogens with zero attached hydrogens (tertiary/aromatic N) is 1. The summed E-state index contributed by atoms with van der Waals surface area (Å²) in [7, 11) is 0. The second kappa shape index (κ2) is 11.1. The van der Waals surface area contributed by atoms with Crippen LogP contribution in [0.4, 0.5) is 5.69 Å². The molecule has 0 saturated carbocycles. The van der Waals surface area contributed by atoms with Crippen LogP contribution in [-0.2, 0) is 0 Å². The molecule has 2 N–H and O–H groups in total. The van der Waals surface area contributed by atoms with Gasteiger partial charge in [-0.1, -0.05) is 0 Å². The molecule has 0 amide bonds. The van der Waals surface area contributed by atoms with Crippen molar-refractivity contribution in [3.8, 4) is 0 Å². The first-order valence-electron chi connectivity index (χ1n) is 11.3. The van der Waals surface area contributed by atoms with Gasteiger partial charge in [-0.25, -0.2) is 0 Å². The summed E-state index contributed by atoms with van der Waals surface area (Å²) in [6.45, 7) is 13.5. The molecule has 166 valence electrons.